The van der Waals surface area contributed by atoms with Crippen LogP contribution in [0.1, 0.15) is 11.1 Å². The zero-order chi connectivity index (χ0) is 17.5. The molecule has 1 aliphatic rings. The van der Waals surface area contributed by atoms with E-state index in [1.165, 1.54) is 17.7 Å². The fraction of sp³-hybridized carbons (Fsp3) is 0.316. The van der Waals surface area contributed by atoms with Gasteiger partial charge in [-0.3, -0.25) is 4.99 Å². The van der Waals surface area contributed by atoms with E-state index in [9.17, 15) is 4.39 Å². The average Bonchev–Trinajstić information content (AvgIpc) is 3.10. The monoisotopic (exact) mass is 471 g/mol. The number of aliphatic imine (C=N–C) groups is 1. The van der Waals surface area contributed by atoms with E-state index in [-0.39, 0.29) is 29.8 Å². The summed E-state index contributed by atoms with van der Waals surface area (Å²) in [5.41, 5.74) is 2.27. The molecule has 0 amide bonds. The van der Waals surface area contributed by atoms with E-state index in [0.29, 0.717) is 6.79 Å². The number of guanidine groups is 1. The molecule has 2 aromatic carbocycles. The number of hydrogen-bond acceptors (Lipinski definition) is 3. The van der Waals surface area contributed by atoms with Crippen LogP contribution >= 0.6 is 24.0 Å². The normalized spacial score (nSPS) is 12.5. The Balaban J connectivity index is 0.00000243. The summed E-state index contributed by atoms with van der Waals surface area (Å²) in [7, 11) is 1.74. The summed E-state index contributed by atoms with van der Waals surface area (Å²) < 4.78 is 23.6. The summed E-state index contributed by atoms with van der Waals surface area (Å²) in [4.78, 5) is 4.21. The van der Waals surface area contributed by atoms with Crippen LogP contribution in [0.25, 0.3) is 0 Å². The highest BCUT2D eigenvalue weighted by Gasteiger charge is 2.12. The number of fused-ring (bicyclic) bond motifs is 1. The maximum atomic E-state index is 12.9. The van der Waals surface area contributed by atoms with Gasteiger partial charge in [-0.2, -0.15) is 0 Å². The Kier molecular flexibility index (Phi) is 7.96. The van der Waals surface area contributed by atoms with Crippen molar-refractivity contribution in [1.29, 1.82) is 0 Å². The molecule has 0 atom stereocenters. The summed E-state index contributed by atoms with van der Waals surface area (Å²) in [5.74, 6) is 2.15. The number of nitrogens with zero attached hydrogens (tertiary/aromatic N) is 1. The number of rotatable bonds is 6. The van der Waals surface area contributed by atoms with Gasteiger partial charge in [-0.05, 0) is 48.2 Å². The third-order valence-corrected chi connectivity index (χ3v) is 3.99. The summed E-state index contributed by atoms with van der Waals surface area (Å²) in [6, 6.07) is 12.5. The van der Waals surface area contributed by atoms with Crippen LogP contribution in [0.3, 0.4) is 0 Å². The molecule has 1 heterocycles. The maximum Gasteiger partial charge on any atom is 0.231 e. The molecule has 0 fully saturated rings. The molecule has 3 rings (SSSR count). The van der Waals surface area contributed by atoms with Crippen LogP contribution in [0, 0.1) is 5.82 Å². The minimum absolute atomic E-state index is 0. The topological polar surface area (TPSA) is 54.9 Å². The van der Waals surface area contributed by atoms with Crippen molar-refractivity contribution in [2.75, 3.05) is 26.9 Å². The molecule has 0 saturated carbocycles. The molecule has 7 heteroatoms. The zero-order valence-electron chi connectivity index (χ0n) is 14.6. The van der Waals surface area contributed by atoms with E-state index in [1.807, 2.05) is 18.2 Å². The second-order valence-electron chi connectivity index (χ2n) is 5.74. The number of ether oxygens (including phenoxy) is 2. The second kappa shape index (κ2) is 10.2. The van der Waals surface area contributed by atoms with Crippen LogP contribution in [0.2, 0.25) is 0 Å². The van der Waals surface area contributed by atoms with Crippen molar-refractivity contribution < 1.29 is 13.9 Å². The fourth-order valence-electron chi connectivity index (χ4n) is 2.62. The van der Waals surface area contributed by atoms with E-state index < -0.39 is 0 Å². The van der Waals surface area contributed by atoms with Crippen molar-refractivity contribution >= 4 is 29.9 Å². The summed E-state index contributed by atoms with van der Waals surface area (Å²) >= 11 is 0. The highest BCUT2D eigenvalue weighted by atomic mass is 127. The van der Waals surface area contributed by atoms with E-state index in [1.54, 1.807) is 19.2 Å². The third-order valence-electron chi connectivity index (χ3n) is 3.99. The summed E-state index contributed by atoms with van der Waals surface area (Å²) in [6.07, 6.45) is 1.67. The van der Waals surface area contributed by atoms with Crippen molar-refractivity contribution in [3.63, 3.8) is 0 Å². The Bertz CT molecular complexity index is 738. The lowest BCUT2D eigenvalue weighted by atomic mass is 10.1. The number of benzene rings is 2. The Morgan fingerprint density at radius 3 is 2.27 bits per heavy atom. The van der Waals surface area contributed by atoms with Crippen molar-refractivity contribution in [2.24, 2.45) is 4.99 Å². The first-order chi connectivity index (χ1) is 12.2. The summed E-state index contributed by atoms with van der Waals surface area (Å²) in [6.45, 7) is 1.78. The van der Waals surface area contributed by atoms with Gasteiger partial charge >= 0.3 is 0 Å². The van der Waals surface area contributed by atoms with Crippen molar-refractivity contribution in [3.05, 3.63) is 59.4 Å². The molecule has 1 aliphatic heterocycles. The Hall–Kier alpha value is -2.03. The van der Waals surface area contributed by atoms with Crippen molar-refractivity contribution in [2.45, 2.75) is 12.8 Å². The molecular formula is C19H23FIN3O2. The fourth-order valence-corrected chi connectivity index (χ4v) is 2.62. The summed E-state index contributed by atoms with van der Waals surface area (Å²) in [5, 5.41) is 6.55. The standard InChI is InChI=1S/C19H22FN3O2.HI/c1-21-19(22-10-8-14-2-5-16(20)6-3-14)23-11-9-15-4-7-17-18(12-15)25-13-24-17;/h2-7,12H,8-11,13H2,1H3,(H2,21,22,23);1H. The van der Waals surface area contributed by atoms with Crippen LogP contribution in [0.15, 0.2) is 47.5 Å². The van der Waals surface area contributed by atoms with Crippen LogP contribution in [0.5, 0.6) is 11.5 Å². The van der Waals surface area contributed by atoms with E-state index in [0.717, 1.165) is 49.0 Å². The number of halogens is 2. The second-order valence-corrected chi connectivity index (χ2v) is 5.74. The Morgan fingerprint density at radius 1 is 0.962 bits per heavy atom. The molecule has 5 nitrogen and oxygen atoms in total. The first kappa shape index (κ1) is 20.3. The molecule has 26 heavy (non-hydrogen) atoms. The smallest absolute Gasteiger partial charge is 0.231 e. The Morgan fingerprint density at radius 2 is 1.58 bits per heavy atom. The van der Waals surface area contributed by atoms with Gasteiger partial charge in [-0.1, -0.05) is 18.2 Å². The van der Waals surface area contributed by atoms with Crippen LogP contribution < -0.4 is 20.1 Å². The van der Waals surface area contributed by atoms with Crippen LogP contribution in [-0.4, -0.2) is 32.9 Å². The van der Waals surface area contributed by atoms with Gasteiger partial charge < -0.3 is 20.1 Å². The molecular weight excluding hydrogens is 448 g/mol. The molecule has 2 N–H and O–H groups in total. The molecule has 0 radical (unpaired) electrons. The van der Waals surface area contributed by atoms with Crippen molar-refractivity contribution in [3.8, 4) is 11.5 Å². The lowest BCUT2D eigenvalue weighted by molar-refractivity contribution is 0.174. The highest BCUT2D eigenvalue weighted by Crippen LogP contribution is 2.32. The SMILES string of the molecule is CN=C(NCCc1ccc(F)cc1)NCCc1ccc2c(c1)OCO2.I. The quantitative estimate of drug-likeness (QED) is 0.387. The molecule has 0 bridgehead atoms. The van der Waals surface area contributed by atoms with Gasteiger partial charge in [0.05, 0.1) is 0 Å². The minimum Gasteiger partial charge on any atom is -0.454 e. The molecule has 2 aromatic rings. The van der Waals surface area contributed by atoms with E-state index >= 15 is 0 Å². The maximum absolute atomic E-state index is 12.9. The molecule has 0 aliphatic carbocycles. The average molecular weight is 471 g/mol. The van der Waals surface area contributed by atoms with E-state index in [4.69, 9.17) is 9.47 Å². The van der Waals surface area contributed by atoms with Crippen LogP contribution in [0.4, 0.5) is 4.39 Å². The number of nitrogens with one attached hydrogen (secondary N) is 2. The third kappa shape index (κ3) is 5.76. The van der Waals surface area contributed by atoms with Gasteiger partial charge in [-0.15, -0.1) is 24.0 Å². The van der Waals surface area contributed by atoms with Gasteiger partial charge in [0.15, 0.2) is 17.5 Å². The predicted molar refractivity (Wildman–Crippen MR) is 111 cm³/mol. The molecule has 0 saturated heterocycles. The first-order valence-corrected chi connectivity index (χ1v) is 8.32. The molecule has 0 unspecified atom stereocenters. The molecule has 0 spiro atoms. The predicted octanol–water partition coefficient (Wildman–Crippen LogP) is 3.12. The zero-order valence-corrected chi connectivity index (χ0v) is 17.0. The van der Waals surface area contributed by atoms with Crippen molar-refractivity contribution in [1.82, 2.24) is 10.6 Å². The van der Waals surface area contributed by atoms with Gasteiger partial charge in [-0.25, -0.2) is 4.39 Å². The lowest BCUT2D eigenvalue weighted by Gasteiger charge is -2.12. The highest BCUT2D eigenvalue weighted by molar-refractivity contribution is 14.0. The minimum atomic E-state index is -0.210. The Labute approximate surface area is 170 Å². The van der Waals surface area contributed by atoms with Crippen LogP contribution in [-0.2, 0) is 12.8 Å². The first-order valence-electron chi connectivity index (χ1n) is 8.32. The lowest BCUT2D eigenvalue weighted by Crippen LogP contribution is -2.39. The van der Waals surface area contributed by atoms with Gasteiger partial charge in [0.2, 0.25) is 6.79 Å². The van der Waals surface area contributed by atoms with E-state index in [2.05, 4.69) is 15.6 Å². The number of hydrogen-bond donors (Lipinski definition) is 2. The molecule has 140 valence electrons. The van der Waals surface area contributed by atoms with Gasteiger partial charge in [0.1, 0.15) is 5.82 Å². The molecule has 0 aromatic heterocycles. The largest absolute Gasteiger partial charge is 0.454 e. The van der Waals surface area contributed by atoms with Gasteiger partial charge in [0, 0.05) is 20.1 Å². The van der Waals surface area contributed by atoms with Gasteiger partial charge in [0.25, 0.3) is 0 Å².